The second-order valence-corrected chi connectivity index (χ2v) is 8.09. The van der Waals surface area contributed by atoms with E-state index in [1.165, 1.54) is 6.42 Å². The first-order chi connectivity index (χ1) is 11.6. The van der Waals surface area contributed by atoms with Crippen LogP contribution in [0.3, 0.4) is 0 Å². The monoisotopic (exact) mass is 335 g/mol. The number of amides is 3. The molecule has 2 spiro atoms. The summed E-state index contributed by atoms with van der Waals surface area (Å²) in [7, 11) is 0. The summed E-state index contributed by atoms with van der Waals surface area (Å²) < 4.78 is 5.85. The molecule has 6 heteroatoms. The molecule has 0 aromatic rings. The van der Waals surface area contributed by atoms with Gasteiger partial charge in [0, 0.05) is 24.5 Å². The van der Waals surface area contributed by atoms with E-state index in [1.807, 2.05) is 6.92 Å². The van der Waals surface area contributed by atoms with Gasteiger partial charge in [-0.1, -0.05) is 6.42 Å². The predicted octanol–water partition coefficient (Wildman–Crippen LogP) is 1.83. The van der Waals surface area contributed by atoms with Gasteiger partial charge in [-0.05, 0) is 51.9 Å². The molecule has 0 aromatic carbocycles. The Morgan fingerprint density at radius 3 is 2.50 bits per heavy atom. The average Bonchev–Trinajstić information content (AvgIpc) is 2.44. The van der Waals surface area contributed by atoms with Gasteiger partial charge in [0.2, 0.25) is 5.91 Å². The van der Waals surface area contributed by atoms with Gasteiger partial charge in [0.05, 0.1) is 17.7 Å². The first kappa shape index (κ1) is 16.2. The number of hydrogen-bond donors (Lipinski definition) is 3. The van der Waals surface area contributed by atoms with Gasteiger partial charge < -0.3 is 20.7 Å². The average molecular weight is 335 g/mol. The molecule has 1 aliphatic heterocycles. The third kappa shape index (κ3) is 2.41. The van der Waals surface area contributed by atoms with E-state index in [1.54, 1.807) is 0 Å². The predicted molar refractivity (Wildman–Crippen MR) is 89.5 cm³/mol. The number of urea groups is 1. The zero-order chi connectivity index (χ0) is 16.8. The lowest BCUT2D eigenvalue weighted by Crippen LogP contribution is -2.72. The number of ether oxygens (including phenoxy) is 1. The highest BCUT2D eigenvalue weighted by Crippen LogP contribution is 2.57. The summed E-state index contributed by atoms with van der Waals surface area (Å²) in [6.45, 7) is 2.78. The fourth-order valence-corrected chi connectivity index (χ4v) is 5.22. The molecule has 0 radical (unpaired) electrons. The maximum Gasteiger partial charge on any atom is 0.315 e. The molecule has 24 heavy (non-hydrogen) atoms. The Kier molecular flexibility index (Phi) is 3.98. The molecule has 3 N–H and O–H groups in total. The Bertz CT molecular complexity index is 528. The standard InChI is InChI=1S/C18H29N3O3/c1-2-24-14-11-13(17(14)7-3-8-17)20-16(23)19-12-5-6-15(22)21-18(12)9-4-10-18/h12-14H,2-11H2,1H3,(H,21,22)(H2,19,20,23)/t12-,13+,14-/m1/s1. The van der Waals surface area contributed by atoms with E-state index in [9.17, 15) is 9.59 Å². The van der Waals surface area contributed by atoms with Crippen molar-refractivity contribution in [1.29, 1.82) is 0 Å². The molecule has 134 valence electrons. The van der Waals surface area contributed by atoms with Crippen molar-refractivity contribution in [3.05, 3.63) is 0 Å². The van der Waals surface area contributed by atoms with E-state index in [0.29, 0.717) is 12.5 Å². The molecule has 1 heterocycles. The van der Waals surface area contributed by atoms with E-state index in [0.717, 1.165) is 51.6 Å². The van der Waals surface area contributed by atoms with E-state index < -0.39 is 0 Å². The Hall–Kier alpha value is -1.30. The SMILES string of the molecule is CCO[C@@H]1C[C@H](NC(=O)N[C@@H]2CCC(=O)NC23CCC3)C12CCC2. The van der Waals surface area contributed by atoms with Crippen LogP contribution in [0.4, 0.5) is 4.79 Å². The van der Waals surface area contributed by atoms with Crippen molar-refractivity contribution in [2.45, 2.75) is 88.4 Å². The number of piperidine rings is 1. The van der Waals surface area contributed by atoms with Crippen molar-refractivity contribution >= 4 is 11.9 Å². The maximum absolute atomic E-state index is 12.5. The van der Waals surface area contributed by atoms with Gasteiger partial charge in [0.15, 0.2) is 0 Å². The summed E-state index contributed by atoms with van der Waals surface area (Å²) >= 11 is 0. The van der Waals surface area contributed by atoms with Crippen LogP contribution >= 0.6 is 0 Å². The highest BCUT2D eigenvalue weighted by molar-refractivity contribution is 5.80. The zero-order valence-corrected chi connectivity index (χ0v) is 14.5. The van der Waals surface area contributed by atoms with Crippen molar-refractivity contribution in [3.8, 4) is 0 Å². The zero-order valence-electron chi connectivity index (χ0n) is 14.5. The van der Waals surface area contributed by atoms with Gasteiger partial charge in [0.1, 0.15) is 0 Å². The van der Waals surface area contributed by atoms with Gasteiger partial charge in [-0.25, -0.2) is 4.79 Å². The number of carbonyl (C=O) groups excluding carboxylic acids is 2. The van der Waals surface area contributed by atoms with Gasteiger partial charge in [-0.3, -0.25) is 4.79 Å². The molecule has 3 atom stereocenters. The van der Waals surface area contributed by atoms with Gasteiger partial charge in [-0.2, -0.15) is 0 Å². The van der Waals surface area contributed by atoms with Crippen molar-refractivity contribution in [2.24, 2.45) is 5.41 Å². The molecule has 1 saturated heterocycles. The molecule has 4 aliphatic rings. The molecule has 3 saturated carbocycles. The fourth-order valence-electron chi connectivity index (χ4n) is 5.22. The first-order valence-electron chi connectivity index (χ1n) is 9.58. The number of nitrogens with one attached hydrogen (secondary N) is 3. The first-order valence-corrected chi connectivity index (χ1v) is 9.58. The van der Waals surface area contributed by atoms with Crippen LogP contribution in [-0.4, -0.2) is 42.3 Å². The van der Waals surface area contributed by atoms with E-state index >= 15 is 0 Å². The summed E-state index contributed by atoms with van der Waals surface area (Å²) in [4.78, 5) is 24.3. The highest BCUT2D eigenvalue weighted by atomic mass is 16.5. The van der Waals surface area contributed by atoms with Crippen molar-refractivity contribution in [3.63, 3.8) is 0 Å². The molecular weight excluding hydrogens is 306 g/mol. The van der Waals surface area contributed by atoms with Crippen LogP contribution in [0.5, 0.6) is 0 Å². The molecule has 6 nitrogen and oxygen atoms in total. The van der Waals surface area contributed by atoms with Gasteiger partial charge in [0.25, 0.3) is 0 Å². The van der Waals surface area contributed by atoms with Crippen LogP contribution in [0.2, 0.25) is 0 Å². The summed E-state index contributed by atoms with van der Waals surface area (Å²) in [6.07, 6.45) is 9.12. The molecule has 3 amide bonds. The third-order valence-electron chi connectivity index (χ3n) is 7.01. The van der Waals surface area contributed by atoms with Crippen molar-refractivity contribution in [1.82, 2.24) is 16.0 Å². The quantitative estimate of drug-likeness (QED) is 0.733. The Labute approximate surface area is 143 Å². The van der Waals surface area contributed by atoms with Crippen LogP contribution < -0.4 is 16.0 Å². The van der Waals surface area contributed by atoms with Crippen LogP contribution in [0.1, 0.15) is 64.7 Å². The second-order valence-electron chi connectivity index (χ2n) is 8.09. The Balaban J connectivity index is 1.33. The topological polar surface area (TPSA) is 79.5 Å². The highest BCUT2D eigenvalue weighted by Gasteiger charge is 2.59. The summed E-state index contributed by atoms with van der Waals surface area (Å²) in [5.74, 6) is 0.125. The number of hydrogen-bond acceptors (Lipinski definition) is 3. The molecule has 4 rings (SSSR count). The van der Waals surface area contributed by atoms with Crippen molar-refractivity contribution < 1.29 is 14.3 Å². The molecule has 4 fully saturated rings. The molecular formula is C18H29N3O3. The minimum absolute atomic E-state index is 0.0593. The second kappa shape index (κ2) is 5.90. The minimum Gasteiger partial charge on any atom is -0.378 e. The lowest BCUT2D eigenvalue weighted by atomic mass is 9.51. The van der Waals surface area contributed by atoms with Crippen LogP contribution in [0, 0.1) is 5.41 Å². The van der Waals surface area contributed by atoms with E-state index in [-0.39, 0.29) is 35.0 Å². The summed E-state index contributed by atoms with van der Waals surface area (Å²) in [5, 5.41) is 9.48. The maximum atomic E-state index is 12.5. The van der Waals surface area contributed by atoms with Crippen LogP contribution in [-0.2, 0) is 9.53 Å². The van der Waals surface area contributed by atoms with Crippen LogP contribution in [0.15, 0.2) is 0 Å². The van der Waals surface area contributed by atoms with E-state index in [4.69, 9.17) is 4.74 Å². The number of carbonyl (C=O) groups is 2. The molecule has 3 aliphatic carbocycles. The Morgan fingerprint density at radius 1 is 1.21 bits per heavy atom. The lowest BCUT2D eigenvalue weighted by molar-refractivity contribution is -0.169. The largest absolute Gasteiger partial charge is 0.378 e. The summed E-state index contributed by atoms with van der Waals surface area (Å²) in [6, 6.07) is 0.219. The van der Waals surface area contributed by atoms with E-state index in [2.05, 4.69) is 16.0 Å². The van der Waals surface area contributed by atoms with Gasteiger partial charge >= 0.3 is 6.03 Å². The fraction of sp³-hybridized carbons (Fsp3) is 0.889. The van der Waals surface area contributed by atoms with Gasteiger partial charge in [-0.15, -0.1) is 0 Å². The number of rotatable bonds is 4. The Morgan fingerprint density at radius 2 is 1.92 bits per heavy atom. The third-order valence-corrected chi connectivity index (χ3v) is 7.01. The molecule has 0 aromatic heterocycles. The molecule has 0 bridgehead atoms. The van der Waals surface area contributed by atoms with Crippen LogP contribution in [0.25, 0.3) is 0 Å². The summed E-state index contributed by atoms with van der Waals surface area (Å²) in [5.41, 5.74) is -0.00338. The van der Waals surface area contributed by atoms with Crippen molar-refractivity contribution in [2.75, 3.05) is 6.61 Å². The minimum atomic E-state index is -0.186. The smallest absolute Gasteiger partial charge is 0.315 e. The molecule has 0 unspecified atom stereocenters. The lowest BCUT2D eigenvalue weighted by Gasteiger charge is -2.61. The normalized spacial score (nSPS) is 35.4.